The first-order valence-electron chi connectivity index (χ1n) is 13.1. The smallest absolute Gasteiger partial charge is 0.303 e. The molecule has 1 amide bonds. The van der Waals surface area contributed by atoms with Crippen LogP contribution in [0.25, 0.3) is 16.9 Å². The lowest BCUT2D eigenvalue weighted by atomic mass is 9.90. The zero-order valence-corrected chi connectivity index (χ0v) is 24.9. The third-order valence-electron chi connectivity index (χ3n) is 7.50. The molecule has 9 nitrogen and oxygen atoms in total. The first-order valence-corrected chi connectivity index (χ1v) is 13.4. The topological polar surface area (TPSA) is 100 Å². The van der Waals surface area contributed by atoms with Crippen LogP contribution in [0.4, 0.5) is 24.7 Å². The van der Waals surface area contributed by atoms with Gasteiger partial charge in [-0.05, 0) is 43.0 Å². The Morgan fingerprint density at radius 2 is 1.84 bits per heavy atom. The van der Waals surface area contributed by atoms with Crippen LogP contribution in [0.5, 0.6) is 0 Å². The number of ether oxygens (including phenoxy) is 1. The molecule has 1 N–H and O–H groups in total. The molecular formula is C29H28Cl2F3N5O4. The van der Waals surface area contributed by atoms with Gasteiger partial charge in [0.2, 0.25) is 0 Å². The molecule has 3 heterocycles. The Morgan fingerprint density at radius 1 is 1.14 bits per heavy atom. The number of halogens is 5. The van der Waals surface area contributed by atoms with E-state index in [4.69, 9.17) is 16.3 Å². The van der Waals surface area contributed by atoms with Crippen LogP contribution in [0.3, 0.4) is 0 Å². The Hall–Kier alpha value is -3.87. The first kappa shape index (κ1) is 32.1. The Kier molecular flexibility index (Phi) is 9.53. The first-order chi connectivity index (χ1) is 20.0. The second-order valence-electron chi connectivity index (χ2n) is 10.2. The van der Waals surface area contributed by atoms with Gasteiger partial charge in [0.05, 0.1) is 23.9 Å². The number of benzene rings is 2. The SMILES string of the molecule is CO[C@H]1CN(C(=O)c2cc3nc(-c4cc(F)c(Cl)c(F)c4)cc(N(C)c4c(C)cccc4F)n3n2)CC[C@H]1CC(=O)O.Cl. The lowest BCUT2D eigenvalue weighted by Crippen LogP contribution is -2.48. The predicted molar refractivity (Wildman–Crippen MR) is 157 cm³/mol. The number of methoxy groups -OCH3 is 1. The van der Waals surface area contributed by atoms with Gasteiger partial charge in [-0.3, -0.25) is 9.59 Å². The summed E-state index contributed by atoms with van der Waals surface area (Å²) in [5.74, 6) is -3.80. The largest absolute Gasteiger partial charge is 0.481 e. The lowest BCUT2D eigenvalue weighted by molar-refractivity contribution is -0.140. The van der Waals surface area contributed by atoms with Gasteiger partial charge in [-0.25, -0.2) is 18.2 Å². The Labute approximate surface area is 256 Å². The van der Waals surface area contributed by atoms with Gasteiger partial charge in [0.25, 0.3) is 5.91 Å². The zero-order valence-electron chi connectivity index (χ0n) is 23.4. The number of aliphatic carboxylic acids is 1. The number of amides is 1. The molecule has 2 atom stereocenters. The number of carboxylic acid groups (broad SMARTS) is 1. The Bertz CT molecular complexity index is 1660. The molecule has 2 aromatic heterocycles. The molecule has 0 saturated carbocycles. The quantitative estimate of drug-likeness (QED) is 0.251. The molecule has 14 heteroatoms. The van der Waals surface area contributed by atoms with Crippen LogP contribution in [-0.4, -0.2) is 69.8 Å². The molecule has 5 rings (SSSR count). The summed E-state index contributed by atoms with van der Waals surface area (Å²) in [7, 11) is 3.08. The van der Waals surface area contributed by atoms with Crippen LogP contribution in [0.1, 0.15) is 28.9 Å². The van der Waals surface area contributed by atoms with E-state index in [2.05, 4.69) is 10.1 Å². The minimum Gasteiger partial charge on any atom is -0.481 e. The molecule has 0 unspecified atom stereocenters. The lowest BCUT2D eigenvalue weighted by Gasteiger charge is -2.36. The summed E-state index contributed by atoms with van der Waals surface area (Å²) in [5.41, 5.74) is 1.27. The molecule has 43 heavy (non-hydrogen) atoms. The number of nitrogens with zero attached hydrogens (tertiary/aromatic N) is 5. The molecular weight excluding hydrogens is 610 g/mol. The number of carboxylic acids is 1. The maximum atomic E-state index is 15.0. The second kappa shape index (κ2) is 12.8. The van der Waals surface area contributed by atoms with E-state index in [9.17, 15) is 23.5 Å². The van der Waals surface area contributed by atoms with Gasteiger partial charge in [-0.15, -0.1) is 12.4 Å². The van der Waals surface area contributed by atoms with Crippen molar-refractivity contribution in [2.24, 2.45) is 5.92 Å². The van der Waals surface area contributed by atoms with Crippen molar-refractivity contribution in [2.75, 3.05) is 32.1 Å². The van der Waals surface area contributed by atoms with E-state index >= 15 is 4.39 Å². The van der Waals surface area contributed by atoms with Crippen LogP contribution < -0.4 is 4.90 Å². The molecule has 0 spiro atoms. The maximum absolute atomic E-state index is 15.0. The fourth-order valence-electron chi connectivity index (χ4n) is 5.35. The normalized spacial score (nSPS) is 16.7. The van der Waals surface area contributed by atoms with Crippen molar-refractivity contribution in [1.82, 2.24) is 19.5 Å². The number of carbonyl (C=O) groups excluding carboxylic acids is 1. The zero-order chi connectivity index (χ0) is 30.3. The van der Waals surface area contributed by atoms with Crippen molar-refractivity contribution >= 4 is 53.0 Å². The van der Waals surface area contributed by atoms with Gasteiger partial charge in [0.15, 0.2) is 11.3 Å². The van der Waals surface area contributed by atoms with E-state index in [1.807, 2.05) is 0 Å². The van der Waals surface area contributed by atoms with E-state index < -0.39 is 40.5 Å². The summed E-state index contributed by atoms with van der Waals surface area (Å²) in [6.45, 7) is 2.20. The summed E-state index contributed by atoms with van der Waals surface area (Å²) in [6, 6.07) is 9.61. The fourth-order valence-corrected chi connectivity index (χ4v) is 5.46. The van der Waals surface area contributed by atoms with E-state index in [1.165, 1.54) is 39.6 Å². The highest BCUT2D eigenvalue weighted by Gasteiger charge is 2.34. The number of rotatable bonds is 7. The van der Waals surface area contributed by atoms with Crippen molar-refractivity contribution in [3.8, 4) is 11.3 Å². The minimum atomic E-state index is -0.975. The fraction of sp³-hybridized carbons (Fsp3) is 0.310. The van der Waals surface area contributed by atoms with Crippen LogP contribution in [-0.2, 0) is 9.53 Å². The number of aryl methyl sites for hydroxylation is 1. The average Bonchev–Trinajstić information content (AvgIpc) is 3.39. The van der Waals surface area contributed by atoms with Crippen LogP contribution in [0.15, 0.2) is 42.5 Å². The molecule has 2 aromatic carbocycles. The average molecular weight is 638 g/mol. The Morgan fingerprint density at radius 3 is 2.47 bits per heavy atom. The van der Waals surface area contributed by atoms with Gasteiger partial charge in [0.1, 0.15) is 28.3 Å². The van der Waals surface area contributed by atoms with Gasteiger partial charge in [-0.2, -0.15) is 9.61 Å². The number of carbonyl (C=O) groups is 2. The van der Waals surface area contributed by atoms with Crippen molar-refractivity contribution in [1.29, 1.82) is 0 Å². The predicted octanol–water partition coefficient (Wildman–Crippen LogP) is 5.92. The third kappa shape index (κ3) is 6.27. The highest BCUT2D eigenvalue weighted by atomic mass is 35.5. The summed E-state index contributed by atoms with van der Waals surface area (Å²) >= 11 is 5.68. The van der Waals surface area contributed by atoms with Gasteiger partial charge in [0, 0.05) is 44.9 Å². The Balaban J connectivity index is 0.00000423. The van der Waals surface area contributed by atoms with E-state index in [0.717, 1.165) is 12.1 Å². The number of para-hydroxylation sites is 1. The van der Waals surface area contributed by atoms with Gasteiger partial charge < -0.3 is 19.6 Å². The monoisotopic (exact) mass is 637 g/mol. The van der Waals surface area contributed by atoms with Crippen molar-refractivity contribution in [3.05, 3.63) is 76.2 Å². The molecule has 228 valence electrons. The molecule has 0 bridgehead atoms. The third-order valence-corrected chi connectivity index (χ3v) is 7.86. The molecule has 1 aliphatic heterocycles. The number of piperidine rings is 1. The maximum Gasteiger partial charge on any atom is 0.303 e. The molecule has 4 aromatic rings. The van der Waals surface area contributed by atoms with Crippen LogP contribution >= 0.6 is 24.0 Å². The minimum absolute atomic E-state index is 0. The number of aromatic nitrogens is 3. The summed E-state index contributed by atoms with van der Waals surface area (Å²) in [5, 5.41) is 13.1. The van der Waals surface area contributed by atoms with Crippen molar-refractivity contribution in [2.45, 2.75) is 25.9 Å². The molecule has 1 aliphatic rings. The highest BCUT2D eigenvalue weighted by Crippen LogP contribution is 2.34. The van der Waals surface area contributed by atoms with Crippen molar-refractivity contribution < 1.29 is 32.6 Å². The van der Waals surface area contributed by atoms with Gasteiger partial charge >= 0.3 is 5.97 Å². The van der Waals surface area contributed by atoms with E-state index in [1.54, 1.807) is 26.1 Å². The number of anilines is 2. The molecule has 0 aliphatic carbocycles. The number of hydrogen-bond acceptors (Lipinski definition) is 6. The second-order valence-corrected chi connectivity index (χ2v) is 10.6. The molecule has 1 saturated heterocycles. The molecule has 1 fully saturated rings. The van der Waals surface area contributed by atoms with Crippen LogP contribution in [0, 0.1) is 30.3 Å². The highest BCUT2D eigenvalue weighted by molar-refractivity contribution is 6.31. The van der Waals surface area contributed by atoms with Crippen molar-refractivity contribution in [3.63, 3.8) is 0 Å². The van der Waals surface area contributed by atoms with Gasteiger partial charge in [-0.1, -0.05) is 23.7 Å². The number of likely N-dealkylation sites (tertiary alicyclic amines) is 1. The van der Waals surface area contributed by atoms with E-state index in [0.29, 0.717) is 18.5 Å². The van der Waals surface area contributed by atoms with Crippen LogP contribution in [0.2, 0.25) is 5.02 Å². The van der Waals surface area contributed by atoms with E-state index in [-0.39, 0.29) is 65.4 Å². The number of fused-ring (bicyclic) bond motifs is 1. The standard InChI is InChI=1S/C29H27ClF3N5O4.ClH/c1-15-5-4-6-18(31)28(15)36(2)25-13-21(17-9-19(32)27(30)20(33)10-17)34-24-12-22(35-38(24)25)29(41)37-8-7-16(11-26(39)40)23(14-37)42-3;/h4-6,9-10,12-13,16,23H,7-8,11,14H2,1-3H3,(H,39,40);1H/t16-,23-;/m0./s1. The molecule has 0 radical (unpaired) electrons. The summed E-state index contributed by atoms with van der Waals surface area (Å²) < 4.78 is 50.6. The summed E-state index contributed by atoms with van der Waals surface area (Å²) in [4.78, 5) is 32.4. The summed E-state index contributed by atoms with van der Waals surface area (Å²) in [6.07, 6.45) is -0.111. The number of hydrogen-bond donors (Lipinski definition) is 1.